The van der Waals surface area contributed by atoms with Crippen LogP contribution in [0.5, 0.6) is 0 Å². The molecule has 0 aliphatic carbocycles. The maximum absolute atomic E-state index is 11.7. The first-order chi connectivity index (χ1) is 10.5. The van der Waals surface area contributed by atoms with Crippen LogP contribution in [-0.4, -0.2) is 36.9 Å². The molecule has 2 aromatic heterocycles. The molecule has 2 aromatic rings. The van der Waals surface area contributed by atoms with Gasteiger partial charge in [0.25, 0.3) is 0 Å². The van der Waals surface area contributed by atoms with Crippen molar-refractivity contribution >= 4 is 11.6 Å². The second-order valence-corrected chi connectivity index (χ2v) is 4.89. The van der Waals surface area contributed by atoms with Gasteiger partial charge in [-0.2, -0.15) is 10.2 Å². The highest BCUT2D eigenvalue weighted by Crippen LogP contribution is 2.07. The van der Waals surface area contributed by atoms with E-state index in [0.29, 0.717) is 13.1 Å². The molecule has 0 aliphatic heterocycles. The SMILES string of the molecule is Cc1ccn(CCCNC(=O)CCn2cc([N+](=O)[O-])cn2)n1. The molecule has 2 rings (SSSR count). The van der Waals surface area contributed by atoms with Crippen LogP contribution in [0.2, 0.25) is 0 Å². The van der Waals surface area contributed by atoms with Gasteiger partial charge in [0.05, 0.1) is 10.6 Å². The highest BCUT2D eigenvalue weighted by molar-refractivity contribution is 5.75. The van der Waals surface area contributed by atoms with Gasteiger partial charge in [-0.1, -0.05) is 0 Å². The summed E-state index contributed by atoms with van der Waals surface area (Å²) in [5.41, 5.74) is 0.896. The summed E-state index contributed by atoms with van der Waals surface area (Å²) in [7, 11) is 0. The molecule has 9 nitrogen and oxygen atoms in total. The van der Waals surface area contributed by atoms with Crippen LogP contribution < -0.4 is 5.32 Å². The van der Waals surface area contributed by atoms with Gasteiger partial charge in [-0.05, 0) is 19.4 Å². The fourth-order valence-electron chi connectivity index (χ4n) is 1.93. The Balaban J connectivity index is 1.62. The number of amides is 1. The molecule has 0 atom stereocenters. The molecule has 0 aromatic carbocycles. The van der Waals surface area contributed by atoms with E-state index in [2.05, 4.69) is 15.5 Å². The van der Waals surface area contributed by atoms with E-state index in [4.69, 9.17) is 0 Å². The Labute approximate surface area is 127 Å². The molecule has 0 spiro atoms. The standard InChI is InChI=1S/C13H18N6O3/c1-11-3-7-17(16-11)6-2-5-14-13(20)4-8-18-10-12(9-15-18)19(21)22/h3,7,9-10H,2,4-6,8H2,1H3,(H,14,20). The number of rotatable bonds is 8. The lowest BCUT2D eigenvalue weighted by atomic mass is 10.3. The van der Waals surface area contributed by atoms with Crippen LogP contribution >= 0.6 is 0 Å². The summed E-state index contributed by atoms with van der Waals surface area (Å²) < 4.78 is 3.23. The monoisotopic (exact) mass is 306 g/mol. The number of carbonyl (C=O) groups is 1. The molecular weight excluding hydrogens is 288 g/mol. The van der Waals surface area contributed by atoms with Crippen LogP contribution in [0.4, 0.5) is 5.69 Å². The molecule has 0 saturated carbocycles. The first-order valence-electron chi connectivity index (χ1n) is 6.98. The molecule has 118 valence electrons. The Morgan fingerprint density at radius 3 is 2.86 bits per heavy atom. The van der Waals surface area contributed by atoms with Crippen molar-refractivity contribution in [3.63, 3.8) is 0 Å². The molecule has 22 heavy (non-hydrogen) atoms. The topological polar surface area (TPSA) is 108 Å². The Kier molecular flexibility index (Phi) is 5.23. The van der Waals surface area contributed by atoms with E-state index < -0.39 is 4.92 Å². The van der Waals surface area contributed by atoms with Crippen LogP contribution in [0.25, 0.3) is 0 Å². The van der Waals surface area contributed by atoms with Crippen molar-refractivity contribution in [1.82, 2.24) is 24.9 Å². The first kappa shape index (κ1) is 15.7. The minimum atomic E-state index is -0.513. The molecule has 0 saturated heterocycles. The second-order valence-electron chi connectivity index (χ2n) is 4.89. The third-order valence-corrected chi connectivity index (χ3v) is 3.06. The molecule has 1 amide bonds. The summed E-state index contributed by atoms with van der Waals surface area (Å²) in [4.78, 5) is 21.7. The highest BCUT2D eigenvalue weighted by Gasteiger charge is 2.09. The van der Waals surface area contributed by atoms with Crippen molar-refractivity contribution in [1.29, 1.82) is 0 Å². The molecule has 2 heterocycles. The quantitative estimate of drug-likeness (QED) is 0.443. The fraction of sp³-hybridized carbons (Fsp3) is 0.462. The number of nitrogens with zero attached hydrogens (tertiary/aromatic N) is 5. The van der Waals surface area contributed by atoms with Crippen LogP contribution in [-0.2, 0) is 17.9 Å². The lowest BCUT2D eigenvalue weighted by molar-refractivity contribution is -0.385. The van der Waals surface area contributed by atoms with Crippen LogP contribution in [0.15, 0.2) is 24.7 Å². The number of nitro groups is 1. The van der Waals surface area contributed by atoms with Crippen molar-refractivity contribution in [2.45, 2.75) is 32.9 Å². The van der Waals surface area contributed by atoms with E-state index in [1.54, 1.807) is 0 Å². The van der Waals surface area contributed by atoms with Gasteiger partial charge < -0.3 is 5.32 Å². The average Bonchev–Trinajstić information content (AvgIpc) is 3.10. The molecule has 0 bridgehead atoms. The van der Waals surface area contributed by atoms with E-state index in [-0.39, 0.29) is 18.0 Å². The van der Waals surface area contributed by atoms with Gasteiger partial charge in [0.1, 0.15) is 12.4 Å². The molecule has 0 unspecified atom stereocenters. The zero-order valence-corrected chi connectivity index (χ0v) is 12.3. The molecule has 0 fully saturated rings. The zero-order valence-electron chi connectivity index (χ0n) is 12.3. The van der Waals surface area contributed by atoms with Gasteiger partial charge >= 0.3 is 5.69 Å². The summed E-state index contributed by atoms with van der Waals surface area (Å²) in [6.07, 6.45) is 5.42. The third kappa shape index (κ3) is 4.69. The Morgan fingerprint density at radius 2 is 2.23 bits per heavy atom. The third-order valence-electron chi connectivity index (χ3n) is 3.06. The smallest absolute Gasteiger partial charge is 0.306 e. The molecule has 9 heteroatoms. The van der Waals surface area contributed by atoms with Crippen molar-refractivity contribution in [2.75, 3.05) is 6.54 Å². The minimum absolute atomic E-state index is 0.0741. The number of aryl methyl sites for hydroxylation is 3. The van der Waals surface area contributed by atoms with Gasteiger partial charge in [0.2, 0.25) is 5.91 Å². The van der Waals surface area contributed by atoms with E-state index in [9.17, 15) is 14.9 Å². The number of aromatic nitrogens is 4. The minimum Gasteiger partial charge on any atom is -0.356 e. The predicted octanol–water partition coefficient (Wildman–Crippen LogP) is 0.893. The maximum Gasteiger partial charge on any atom is 0.306 e. The Bertz CT molecular complexity index is 648. The maximum atomic E-state index is 11.7. The summed E-state index contributed by atoms with van der Waals surface area (Å²) in [6.45, 7) is 3.56. The summed E-state index contributed by atoms with van der Waals surface area (Å²) >= 11 is 0. The van der Waals surface area contributed by atoms with Crippen LogP contribution in [0.3, 0.4) is 0 Å². The highest BCUT2D eigenvalue weighted by atomic mass is 16.6. The van der Waals surface area contributed by atoms with Crippen molar-refractivity contribution < 1.29 is 9.72 Å². The van der Waals surface area contributed by atoms with Crippen molar-refractivity contribution in [2.24, 2.45) is 0 Å². The molecule has 1 N–H and O–H groups in total. The lowest BCUT2D eigenvalue weighted by Gasteiger charge is -2.05. The van der Waals surface area contributed by atoms with Gasteiger partial charge in [0.15, 0.2) is 0 Å². The molecule has 0 aliphatic rings. The van der Waals surface area contributed by atoms with Crippen LogP contribution in [0.1, 0.15) is 18.5 Å². The first-order valence-corrected chi connectivity index (χ1v) is 6.98. The number of hydrogen-bond acceptors (Lipinski definition) is 5. The molecular formula is C13H18N6O3. The largest absolute Gasteiger partial charge is 0.356 e. The lowest BCUT2D eigenvalue weighted by Crippen LogP contribution is -2.26. The number of nitrogens with one attached hydrogen (secondary N) is 1. The zero-order chi connectivity index (χ0) is 15.9. The molecule has 0 radical (unpaired) electrons. The summed E-state index contributed by atoms with van der Waals surface area (Å²) in [5, 5.41) is 21.4. The Hall–Kier alpha value is -2.71. The average molecular weight is 306 g/mol. The van der Waals surface area contributed by atoms with Gasteiger partial charge in [0, 0.05) is 32.3 Å². The fourth-order valence-corrected chi connectivity index (χ4v) is 1.93. The summed E-state index contributed by atoms with van der Waals surface area (Å²) in [5.74, 6) is -0.102. The van der Waals surface area contributed by atoms with Crippen LogP contribution in [0, 0.1) is 17.0 Å². The van der Waals surface area contributed by atoms with Gasteiger partial charge in [-0.25, -0.2) is 0 Å². The second kappa shape index (κ2) is 7.34. The van der Waals surface area contributed by atoms with E-state index in [1.807, 2.05) is 23.9 Å². The Morgan fingerprint density at radius 1 is 1.41 bits per heavy atom. The van der Waals surface area contributed by atoms with Crippen molar-refractivity contribution in [3.8, 4) is 0 Å². The van der Waals surface area contributed by atoms with Crippen molar-refractivity contribution in [3.05, 3.63) is 40.5 Å². The van der Waals surface area contributed by atoms with E-state index >= 15 is 0 Å². The predicted molar refractivity (Wildman–Crippen MR) is 78.1 cm³/mol. The van der Waals surface area contributed by atoms with E-state index in [1.165, 1.54) is 17.1 Å². The normalized spacial score (nSPS) is 10.6. The summed E-state index contributed by atoms with van der Waals surface area (Å²) in [6, 6.07) is 1.93. The van der Waals surface area contributed by atoms with Gasteiger partial charge in [-0.3, -0.25) is 24.3 Å². The number of carbonyl (C=O) groups excluding carboxylic acids is 1. The van der Waals surface area contributed by atoms with E-state index in [0.717, 1.165) is 18.7 Å². The van der Waals surface area contributed by atoms with Gasteiger partial charge in [-0.15, -0.1) is 0 Å². The number of hydrogen-bond donors (Lipinski definition) is 1.